The number of carbonyl (C=O) groups excluding carboxylic acids is 2. The Morgan fingerprint density at radius 1 is 1.37 bits per heavy atom. The largest absolute Gasteiger partial charge is 0.373 e. The van der Waals surface area contributed by atoms with Crippen LogP contribution in [0.15, 0.2) is 29.2 Å². The molecule has 0 fully saturated rings. The minimum atomic E-state index is -0.364. The van der Waals surface area contributed by atoms with Crippen molar-refractivity contribution in [2.45, 2.75) is 24.8 Å². The van der Waals surface area contributed by atoms with E-state index < -0.39 is 0 Å². The van der Waals surface area contributed by atoms with E-state index in [-0.39, 0.29) is 23.6 Å². The Bertz CT molecular complexity index is 451. The fourth-order valence-corrected chi connectivity index (χ4v) is 2.24. The van der Waals surface area contributed by atoms with E-state index in [1.807, 2.05) is 31.2 Å². The summed E-state index contributed by atoms with van der Waals surface area (Å²) < 4.78 is 0. The fourth-order valence-electron chi connectivity index (χ4n) is 1.49. The Hall–Kier alpha value is -1.69. The maximum atomic E-state index is 11.7. The van der Waals surface area contributed by atoms with E-state index in [9.17, 15) is 9.59 Å². The molecular formula is C13H19N3O2S. The van der Waals surface area contributed by atoms with Gasteiger partial charge in [-0.3, -0.25) is 9.59 Å². The number of nitrogens with one attached hydrogen (secondary N) is 2. The van der Waals surface area contributed by atoms with Crippen LogP contribution in [0.4, 0.5) is 5.69 Å². The second kappa shape index (κ2) is 7.68. The molecule has 0 saturated carbocycles. The molecule has 0 unspecified atom stereocenters. The summed E-state index contributed by atoms with van der Waals surface area (Å²) in [5.74, 6) is -0.206. The molecule has 0 radical (unpaired) electrons. The van der Waals surface area contributed by atoms with Crippen molar-refractivity contribution in [3.05, 3.63) is 24.3 Å². The Morgan fingerprint density at radius 3 is 2.68 bits per heavy atom. The molecule has 1 rings (SSSR count). The van der Waals surface area contributed by atoms with Gasteiger partial charge in [0.2, 0.25) is 11.8 Å². The van der Waals surface area contributed by atoms with Crippen LogP contribution in [0.3, 0.4) is 0 Å². The second-order valence-electron chi connectivity index (χ2n) is 4.01. The van der Waals surface area contributed by atoms with Crippen molar-refractivity contribution in [1.29, 1.82) is 0 Å². The minimum Gasteiger partial charge on any atom is -0.373 e. The molecule has 0 spiro atoms. The third-order valence-corrected chi connectivity index (χ3v) is 3.47. The number of para-hydroxylation sites is 1. The number of amides is 2. The summed E-state index contributed by atoms with van der Waals surface area (Å²) in [7, 11) is 0. The summed E-state index contributed by atoms with van der Waals surface area (Å²) in [6.45, 7) is 4.27. The monoisotopic (exact) mass is 281 g/mol. The van der Waals surface area contributed by atoms with Crippen molar-refractivity contribution >= 4 is 29.3 Å². The number of rotatable bonds is 7. The average molecular weight is 281 g/mol. The number of primary amides is 1. The molecule has 0 aliphatic carbocycles. The maximum Gasteiger partial charge on any atom is 0.242 e. The molecule has 0 heterocycles. The number of benzene rings is 1. The van der Waals surface area contributed by atoms with Crippen LogP contribution in [0.2, 0.25) is 0 Å². The third-order valence-electron chi connectivity index (χ3n) is 2.37. The Morgan fingerprint density at radius 2 is 2.05 bits per heavy atom. The molecule has 19 heavy (non-hydrogen) atoms. The van der Waals surface area contributed by atoms with Gasteiger partial charge in [0.25, 0.3) is 0 Å². The molecule has 0 saturated heterocycles. The van der Waals surface area contributed by atoms with Crippen LogP contribution in [0, 0.1) is 0 Å². The summed E-state index contributed by atoms with van der Waals surface area (Å²) in [4.78, 5) is 23.4. The van der Waals surface area contributed by atoms with Gasteiger partial charge in [-0.05, 0) is 26.0 Å². The number of anilines is 1. The van der Waals surface area contributed by atoms with Crippen LogP contribution in [0.1, 0.15) is 13.8 Å². The van der Waals surface area contributed by atoms with Gasteiger partial charge >= 0.3 is 0 Å². The van der Waals surface area contributed by atoms with Gasteiger partial charge in [0.15, 0.2) is 0 Å². The van der Waals surface area contributed by atoms with E-state index in [1.54, 1.807) is 6.92 Å². The van der Waals surface area contributed by atoms with Crippen molar-refractivity contribution < 1.29 is 9.59 Å². The van der Waals surface area contributed by atoms with Gasteiger partial charge in [0.05, 0.1) is 5.75 Å². The van der Waals surface area contributed by atoms with Crippen molar-refractivity contribution in [2.75, 3.05) is 17.6 Å². The summed E-state index contributed by atoms with van der Waals surface area (Å²) >= 11 is 1.35. The first-order valence-electron chi connectivity index (χ1n) is 6.09. The molecule has 104 valence electrons. The Kier molecular flexibility index (Phi) is 6.21. The summed E-state index contributed by atoms with van der Waals surface area (Å²) in [6.07, 6.45) is 0. The first-order valence-corrected chi connectivity index (χ1v) is 7.07. The van der Waals surface area contributed by atoms with Crippen LogP contribution in [-0.2, 0) is 9.59 Å². The van der Waals surface area contributed by atoms with Gasteiger partial charge < -0.3 is 16.4 Å². The smallest absolute Gasteiger partial charge is 0.242 e. The second-order valence-corrected chi connectivity index (χ2v) is 5.03. The standard InChI is InChI=1S/C13H19N3O2S/c1-3-15-13(18)9(2)16-10-6-4-5-7-11(10)19-8-12(14)17/h4-7,9,16H,3,8H2,1-2H3,(H2,14,17)(H,15,18)/t9-/m1/s1. The lowest BCUT2D eigenvalue weighted by atomic mass is 10.2. The van der Waals surface area contributed by atoms with Gasteiger partial charge in [-0.2, -0.15) is 0 Å². The normalized spacial score (nSPS) is 11.7. The van der Waals surface area contributed by atoms with E-state index in [1.165, 1.54) is 11.8 Å². The fraction of sp³-hybridized carbons (Fsp3) is 0.385. The van der Waals surface area contributed by atoms with Gasteiger partial charge in [0, 0.05) is 17.1 Å². The molecule has 0 aliphatic heterocycles. The topological polar surface area (TPSA) is 84.2 Å². The quantitative estimate of drug-likeness (QED) is 0.656. The van der Waals surface area contributed by atoms with E-state index >= 15 is 0 Å². The highest BCUT2D eigenvalue weighted by molar-refractivity contribution is 8.00. The Labute approximate surface area is 117 Å². The molecule has 4 N–H and O–H groups in total. The number of carbonyl (C=O) groups is 2. The number of nitrogens with two attached hydrogens (primary N) is 1. The van der Waals surface area contributed by atoms with Gasteiger partial charge in [0.1, 0.15) is 6.04 Å². The van der Waals surface area contributed by atoms with Crippen molar-refractivity contribution in [1.82, 2.24) is 5.32 Å². The molecule has 1 aromatic carbocycles. The van der Waals surface area contributed by atoms with Gasteiger partial charge in [-0.1, -0.05) is 12.1 Å². The summed E-state index contributed by atoms with van der Waals surface area (Å²) in [6, 6.07) is 7.18. The SMILES string of the molecule is CCNC(=O)[C@@H](C)Nc1ccccc1SCC(N)=O. The van der Waals surface area contributed by atoms with Gasteiger partial charge in [-0.15, -0.1) is 11.8 Å². The van der Waals surface area contributed by atoms with Crippen molar-refractivity contribution in [2.24, 2.45) is 5.73 Å². The summed E-state index contributed by atoms with van der Waals surface area (Å²) in [5.41, 5.74) is 5.96. The molecule has 6 heteroatoms. The van der Waals surface area contributed by atoms with Crippen LogP contribution < -0.4 is 16.4 Å². The molecule has 2 amide bonds. The zero-order valence-electron chi connectivity index (χ0n) is 11.1. The zero-order chi connectivity index (χ0) is 14.3. The Balaban J connectivity index is 2.71. The lowest BCUT2D eigenvalue weighted by Crippen LogP contribution is -2.37. The lowest BCUT2D eigenvalue weighted by Gasteiger charge is -2.17. The third kappa shape index (κ3) is 5.21. The molecule has 0 aromatic heterocycles. The number of thioether (sulfide) groups is 1. The van der Waals surface area contributed by atoms with E-state index in [4.69, 9.17) is 5.73 Å². The molecule has 5 nitrogen and oxygen atoms in total. The summed E-state index contributed by atoms with van der Waals surface area (Å²) in [5, 5.41) is 5.89. The molecule has 1 aromatic rings. The average Bonchev–Trinajstić information content (AvgIpc) is 2.37. The maximum absolute atomic E-state index is 11.7. The van der Waals surface area contributed by atoms with Crippen LogP contribution in [0.25, 0.3) is 0 Å². The van der Waals surface area contributed by atoms with E-state index in [0.717, 1.165) is 10.6 Å². The van der Waals surface area contributed by atoms with Crippen molar-refractivity contribution in [3.63, 3.8) is 0 Å². The number of likely N-dealkylation sites (N-methyl/N-ethyl adjacent to an activating group) is 1. The highest BCUT2D eigenvalue weighted by Crippen LogP contribution is 2.27. The highest BCUT2D eigenvalue weighted by Gasteiger charge is 2.13. The predicted octanol–water partition coefficient (Wildman–Crippen LogP) is 1.20. The number of hydrogen-bond donors (Lipinski definition) is 3. The van der Waals surface area contributed by atoms with E-state index in [2.05, 4.69) is 10.6 Å². The first-order chi connectivity index (χ1) is 9.04. The van der Waals surface area contributed by atoms with Crippen LogP contribution in [0.5, 0.6) is 0 Å². The molecule has 0 aliphatic rings. The van der Waals surface area contributed by atoms with Gasteiger partial charge in [-0.25, -0.2) is 0 Å². The molecule has 0 bridgehead atoms. The number of hydrogen-bond acceptors (Lipinski definition) is 4. The van der Waals surface area contributed by atoms with Crippen LogP contribution in [-0.4, -0.2) is 30.2 Å². The van der Waals surface area contributed by atoms with Crippen molar-refractivity contribution in [3.8, 4) is 0 Å². The highest BCUT2D eigenvalue weighted by atomic mass is 32.2. The first kappa shape index (κ1) is 15.4. The predicted molar refractivity (Wildman–Crippen MR) is 78.1 cm³/mol. The van der Waals surface area contributed by atoms with Crippen LogP contribution >= 0.6 is 11.8 Å². The minimum absolute atomic E-state index is 0.0581. The molecular weight excluding hydrogens is 262 g/mol. The van der Waals surface area contributed by atoms with E-state index in [0.29, 0.717) is 6.54 Å². The zero-order valence-corrected chi connectivity index (χ0v) is 11.9. The lowest BCUT2D eigenvalue weighted by molar-refractivity contribution is -0.121. The molecule has 1 atom stereocenters.